The third-order valence-electron chi connectivity index (χ3n) is 13.2. The molecule has 246 valence electrons. The van der Waals surface area contributed by atoms with Crippen LogP contribution in [0.2, 0.25) is 0 Å². The summed E-state index contributed by atoms with van der Waals surface area (Å²) in [6, 6.07) is 2.55. The third-order valence-corrected chi connectivity index (χ3v) is 13.2. The third kappa shape index (κ3) is 6.63. The normalized spacial score (nSPS) is 34.1. The SMILES string of the molecule is CCCCCOc1ccc(C(=O)OC=C(C)CCC[C@@H](C)[C@H]2CC[C@H]3[C@@H]4CCC5CCCC[C@]5(C)[C@H]4CC[C@]23C)c(F)c1F. The van der Waals surface area contributed by atoms with Crippen molar-refractivity contribution >= 4 is 5.97 Å². The molecule has 0 aromatic heterocycles. The van der Waals surface area contributed by atoms with Gasteiger partial charge in [0.25, 0.3) is 0 Å². The van der Waals surface area contributed by atoms with E-state index in [0.717, 1.165) is 67.3 Å². The van der Waals surface area contributed by atoms with E-state index in [2.05, 4.69) is 27.7 Å². The van der Waals surface area contributed by atoms with Crippen molar-refractivity contribution in [1.29, 1.82) is 0 Å². The van der Waals surface area contributed by atoms with Crippen LogP contribution in [0.1, 0.15) is 148 Å². The molecule has 0 heterocycles. The lowest BCUT2D eigenvalue weighted by atomic mass is 9.44. The van der Waals surface area contributed by atoms with E-state index in [1.54, 1.807) is 0 Å². The van der Waals surface area contributed by atoms with Crippen LogP contribution in [0.5, 0.6) is 5.75 Å². The molecule has 0 amide bonds. The van der Waals surface area contributed by atoms with E-state index in [1.165, 1.54) is 89.0 Å². The Bertz CT molecular complexity index is 1180. The fourth-order valence-corrected chi connectivity index (χ4v) is 10.8. The molecule has 5 rings (SSSR count). The fourth-order valence-electron chi connectivity index (χ4n) is 10.8. The highest BCUT2D eigenvalue weighted by Gasteiger charge is 2.60. The summed E-state index contributed by atoms with van der Waals surface area (Å²) in [5.74, 6) is 1.84. The lowest BCUT2D eigenvalue weighted by Gasteiger charge is -2.61. The first-order chi connectivity index (χ1) is 21.1. The topological polar surface area (TPSA) is 35.5 Å². The smallest absolute Gasteiger partial charge is 0.346 e. The highest BCUT2D eigenvalue weighted by Crippen LogP contribution is 2.68. The van der Waals surface area contributed by atoms with Gasteiger partial charge in [-0.1, -0.05) is 59.8 Å². The summed E-state index contributed by atoms with van der Waals surface area (Å²) in [6.07, 6.45) is 21.6. The van der Waals surface area contributed by atoms with E-state index in [-0.39, 0.29) is 5.75 Å². The molecule has 3 nitrogen and oxygen atoms in total. The molecular formula is C39H58F2O3. The monoisotopic (exact) mass is 612 g/mol. The highest BCUT2D eigenvalue weighted by molar-refractivity contribution is 5.90. The largest absolute Gasteiger partial charge is 0.490 e. The maximum Gasteiger partial charge on any atom is 0.346 e. The van der Waals surface area contributed by atoms with Crippen LogP contribution in [0, 0.1) is 58.0 Å². The molecule has 5 heteroatoms. The number of allylic oxidation sites excluding steroid dienone is 1. The fraction of sp³-hybridized carbons (Fsp3) is 0.769. The number of halogens is 2. The summed E-state index contributed by atoms with van der Waals surface area (Å²) in [5.41, 5.74) is 1.61. The molecule has 0 bridgehead atoms. The molecule has 0 N–H and O–H groups in total. The van der Waals surface area contributed by atoms with Gasteiger partial charge in [0.2, 0.25) is 5.82 Å². The van der Waals surface area contributed by atoms with Gasteiger partial charge in [-0.3, -0.25) is 0 Å². The minimum atomic E-state index is -1.22. The van der Waals surface area contributed by atoms with E-state index < -0.39 is 23.2 Å². The quantitative estimate of drug-likeness (QED) is 0.134. The Morgan fingerprint density at radius 1 is 0.955 bits per heavy atom. The van der Waals surface area contributed by atoms with Crippen LogP contribution in [-0.4, -0.2) is 12.6 Å². The average molecular weight is 613 g/mol. The molecule has 44 heavy (non-hydrogen) atoms. The van der Waals surface area contributed by atoms with E-state index in [9.17, 15) is 13.6 Å². The molecule has 8 atom stereocenters. The number of carbonyl (C=O) groups excluding carboxylic acids is 1. The van der Waals surface area contributed by atoms with Crippen molar-refractivity contribution in [1.82, 2.24) is 0 Å². The summed E-state index contributed by atoms with van der Waals surface area (Å²) >= 11 is 0. The highest BCUT2D eigenvalue weighted by atomic mass is 19.2. The second-order valence-electron chi connectivity index (χ2n) is 15.7. The van der Waals surface area contributed by atoms with Crippen LogP contribution in [0.3, 0.4) is 0 Å². The first-order valence-electron chi connectivity index (χ1n) is 18.1. The lowest BCUT2D eigenvalue weighted by Crippen LogP contribution is -2.53. The minimum absolute atomic E-state index is 0.169. The molecule has 0 spiro atoms. The molecule has 0 saturated heterocycles. The molecule has 4 fully saturated rings. The van der Waals surface area contributed by atoms with Gasteiger partial charge < -0.3 is 9.47 Å². The number of fused-ring (bicyclic) bond motifs is 5. The van der Waals surface area contributed by atoms with E-state index >= 15 is 0 Å². The van der Waals surface area contributed by atoms with Crippen LogP contribution in [0.4, 0.5) is 8.78 Å². The average Bonchev–Trinajstić information content (AvgIpc) is 3.37. The van der Waals surface area contributed by atoms with Crippen LogP contribution in [0.25, 0.3) is 0 Å². The molecule has 4 aliphatic carbocycles. The Kier molecular flexibility index (Phi) is 10.8. The summed E-state index contributed by atoms with van der Waals surface area (Å²) in [7, 11) is 0. The Morgan fingerprint density at radius 2 is 1.75 bits per heavy atom. The maximum atomic E-state index is 14.6. The summed E-state index contributed by atoms with van der Waals surface area (Å²) < 4.78 is 39.7. The van der Waals surface area contributed by atoms with Crippen molar-refractivity contribution in [2.24, 2.45) is 46.3 Å². The second-order valence-corrected chi connectivity index (χ2v) is 15.7. The molecule has 4 aliphatic rings. The zero-order valence-electron chi connectivity index (χ0n) is 28.2. The van der Waals surface area contributed by atoms with Crippen molar-refractivity contribution in [3.05, 3.63) is 41.2 Å². The van der Waals surface area contributed by atoms with Crippen LogP contribution >= 0.6 is 0 Å². The zero-order chi connectivity index (χ0) is 31.5. The van der Waals surface area contributed by atoms with Gasteiger partial charge in [0, 0.05) is 0 Å². The minimum Gasteiger partial charge on any atom is -0.490 e. The number of rotatable bonds is 12. The standard InChI is InChI=1S/C39H58F2O3/c1-6-7-10-24-43-34-20-17-30(35(40)36(34)41)37(42)44-25-26(2)12-11-13-27(3)31-18-19-32-29-16-15-28-14-8-9-22-38(28,4)33(29)21-23-39(31,32)5/h17,20,25,27-29,31-33H,6-16,18-19,21-24H2,1-5H3/t27-,28?,29+,31-,32+,33+,38+,39-/m1/s1. The van der Waals surface area contributed by atoms with Crippen molar-refractivity contribution < 1.29 is 23.0 Å². The molecule has 4 saturated carbocycles. The molecule has 0 aliphatic heterocycles. The van der Waals surface area contributed by atoms with Gasteiger partial charge >= 0.3 is 5.97 Å². The number of carbonyl (C=O) groups is 1. The van der Waals surface area contributed by atoms with Gasteiger partial charge in [0.05, 0.1) is 18.4 Å². The van der Waals surface area contributed by atoms with Gasteiger partial charge in [-0.15, -0.1) is 0 Å². The van der Waals surface area contributed by atoms with E-state index in [1.807, 2.05) is 6.92 Å². The number of esters is 1. The van der Waals surface area contributed by atoms with Gasteiger partial charge in [-0.2, -0.15) is 4.39 Å². The van der Waals surface area contributed by atoms with Gasteiger partial charge in [0.1, 0.15) is 0 Å². The number of benzene rings is 1. The number of unbranched alkanes of at least 4 members (excludes halogenated alkanes) is 2. The van der Waals surface area contributed by atoms with Gasteiger partial charge in [0.15, 0.2) is 11.6 Å². The predicted octanol–water partition coefficient (Wildman–Crippen LogP) is 11.4. The molecule has 0 radical (unpaired) electrons. The summed E-state index contributed by atoms with van der Waals surface area (Å²) in [5, 5.41) is 0. The molecule has 1 aromatic rings. The second kappa shape index (κ2) is 14.2. The molecule has 1 aromatic carbocycles. The summed E-state index contributed by atoms with van der Waals surface area (Å²) in [4.78, 5) is 12.5. The van der Waals surface area contributed by atoms with Crippen LogP contribution in [0.15, 0.2) is 24.0 Å². The zero-order valence-corrected chi connectivity index (χ0v) is 28.2. The first kappa shape index (κ1) is 33.5. The maximum absolute atomic E-state index is 14.6. The van der Waals surface area contributed by atoms with Crippen molar-refractivity contribution in [2.45, 2.75) is 137 Å². The Labute approximate surface area is 265 Å². The number of hydrogen-bond donors (Lipinski definition) is 0. The van der Waals surface area contributed by atoms with Gasteiger partial charge in [-0.25, -0.2) is 9.18 Å². The molecule has 1 unspecified atom stereocenters. The Morgan fingerprint density at radius 3 is 2.55 bits per heavy atom. The van der Waals surface area contributed by atoms with Crippen molar-refractivity contribution in [3.8, 4) is 5.75 Å². The lowest BCUT2D eigenvalue weighted by molar-refractivity contribution is -0.114. The van der Waals surface area contributed by atoms with Gasteiger partial charge in [-0.05, 0) is 142 Å². The Balaban J connectivity index is 1.10. The predicted molar refractivity (Wildman–Crippen MR) is 173 cm³/mol. The van der Waals surface area contributed by atoms with Crippen LogP contribution < -0.4 is 4.74 Å². The summed E-state index contributed by atoms with van der Waals surface area (Å²) in [6.45, 7) is 12.1. The number of hydrogen-bond acceptors (Lipinski definition) is 3. The van der Waals surface area contributed by atoms with Crippen molar-refractivity contribution in [3.63, 3.8) is 0 Å². The number of ether oxygens (including phenoxy) is 2. The van der Waals surface area contributed by atoms with E-state index in [0.29, 0.717) is 23.4 Å². The first-order valence-corrected chi connectivity index (χ1v) is 18.1. The van der Waals surface area contributed by atoms with Crippen molar-refractivity contribution in [2.75, 3.05) is 6.61 Å². The Hall–Kier alpha value is -1.91. The molecular weight excluding hydrogens is 554 g/mol. The van der Waals surface area contributed by atoms with Crippen LogP contribution in [-0.2, 0) is 4.74 Å². The van der Waals surface area contributed by atoms with E-state index in [4.69, 9.17) is 9.47 Å².